The molecule has 232 valence electrons. The Hall–Kier alpha value is -4.86. The highest BCUT2D eigenvalue weighted by atomic mass is 28.4. The first-order chi connectivity index (χ1) is 22.2. The van der Waals surface area contributed by atoms with Crippen LogP contribution in [0.3, 0.4) is 0 Å². The highest BCUT2D eigenvalue weighted by Crippen LogP contribution is 2.48. The zero-order valence-corrected chi connectivity index (χ0v) is 27.2. The Bertz CT molecular complexity index is 1990. The number of hydrogen-bond donors (Lipinski definition) is 2. The molecule has 4 N–H and O–H groups in total. The van der Waals surface area contributed by atoms with E-state index >= 15 is 0 Å². The van der Waals surface area contributed by atoms with Crippen LogP contribution in [0.15, 0.2) is 109 Å². The molecule has 0 aliphatic heterocycles. The van der Waals surface area contributed by atoms with Crippen LogP contribution in [0.2, 0.25) is 5.04 Å². The summed E-state index contributed by atoms with van der Waals surface area (Å²) in [4.78, 5) is 13.9. The maximum Gasteiger partial charge on any atom is 0.261 e. The number of hydrogen-bond acceptors (Lipinski definition) is 6. The lowest BCUT2D eigenvalue weighted by Gasteiger charge is -2.46. The zero-order chi connectivity index (χ0) is 32.1. The van der Waals surface area contributed by atoms with Crippen molar-refractivity contribution in [2.45, 2.75) is 50.7 Å². The summed E-state index contributed by atoms with van der Waals surface area (Å²) in [5.74, 6) is 0.0243. The topological polar surface area (TPSA) is 104 Å². The summed E-state index contributed by atoms with van der Waals surface area (Å²) in [5, 5.41) is 2.33. The Morgan fingerprint density at radius 2 is 1.43 bits per heavy atom. The number of anilines is 2. The molecule has 0 bridgehead atoms. The predicted molar refractivity (Wildman–Crippen MR) is 184 cm³/mol. The van der Waals surface area contributed by atoms with Crippen molar-refractivity contribution in [3.63, 3.8) is 0 Å². The number of pyridine rings is 1. The Morgan fingerprint density at radius 1 is 0.804 bits per heavy atom. The van der Waals surface area contributed by atoms with Gasteiger partial charge in [0.2, 0.25) is 0 Å². The van der Waals surface area contributed by atoms with Gasteiger partial charge in [-0.15, -0.1) is 0 Å². The summed E-state index contributed by atoms with van der Waals surface area (Å²) in [6.45, 7) is 6.90. The smallest absolute Gasteiger partial charge is 0.261 e. The second-order valence-corrected chi connectivity index (χ2v) is 17.2. The number of halogens is 1. The lowest BCUT2D eigenvalue weighted by Crippen LogP contribution is -2.67. The third kappa shape index (κ3) is 4.96. The molecule has 0 unspecified atom stereocenters. The van der Waals surface area contributed by atoms with E-state index in [1.807, 2.05) is 6.07 Å². The number of imidazole rings is 1. The average Bonchev–Trinajstić information content (AvgIpc) is 3.48. The van der Waals surface area contributed by atoms with Gasteiger partial charge in [-0.05, 0) is 51.5 Å². The van der Waals surface area contributed by atoms with Gasteiger partial charge >= 0.3 is 0 Å². The molecule has 3 heterocycles. The van der Waals surface area contributed by atoms with E-state index in [0.29, 0.717) is 28.5 Å². The molecule has 9 heteroatoms. The molecule has 7 rings (SSSR count). The Labute approximate surface area is 269 Å². The van der Waals surface area contributed by atoms with Crippen LogP contribution in [0.5, 0.6) is 0 Å². The number of fused-ring (bicyclic) bond motifs is 2. The van der Waals surface area contributed by atoms with Crippen LogP contribution in [0, 0.1) is 5.82 Å². The predicted octanol–water partition coefficient (Wildman–Crippen LogP) is 6.64. The van der Waals surface area contributed by atoms with Crippen molar-refractivity contribution < 1.29 is 8.82 Å². The Morgan fingerprint density at radius 3 is 2.09 bits per heavy atom. The fourth-order valence-corrected chi connectivity index (χ4v) is 11.8. The molecule has 3 aromatic heterocycles. The second-order valence-electron chi connectivity index (χ2n) is 13.0. The number of nitrogens with two attached hydrogens (primary N) is 2. The molecular formula is C37H37FN6OSi. The number of nitrogens with zero attached hydrogens (tertiary/aromatic N) is 4. The van der Waals surface area contributed by atoms with Gasteiger partial charge in [-0.1, -0.05) is 106 Å². The lowest BCUT2D eigenvalue weighted by atomic mass is 9.79. The molecule has 1 aliphatic rings. The van der Waals surface area contributed by atoms with E-state index in [0.717, 1.165) is 24.0 Å². The summed E-state index contributed by atoms with van der Waals surface area (Å²) in [7, 11) is -2.81. The van der Waals surface area contributed by atoms with E-state index in [2.05, 4.69) is 110 Å². The van der Waals surface area contributed by atoms with Crippen molar-refractivity contribution in [1.29, 1.82) is 0 Å². The number of aromatic nitrogens is 4. The second kappa shape index (κ2) is 11.5. The molecule has 2 atom stereocenters. The molecule has 0 saturated heterocycles. The van der Waals surface area contributed by atoms with Crippen LogP contribution < -0.4 is 21.8 Å². The van der Waals surface area contributed by atoms with Gasteiger partial charge in [-0.25, -0.2) is 19.3 Å². The van der Waals surface area contributed by atoms with Crippen molar-refractivity contribution in [3.05, 3.63) is 132 Å². The highest BCUT2D eigenvalue weighted by Gasteiger charge is 2.52. The average molecular weight is 629 g/mol. The van der Waals surface area contributed by atoms with Gasteiger partial charge in [0.25, 0.3) is 8.32 Å². The summed E-state index contributed by atoms with van der Waals surface area (Å²) < 4.78 is 23.4. The molecule has 0 radical (unpaired) electrons. The largest absolute Gasteiger partial charge is 0.400 e. The maximum absolute atomic E-state index is 14.2. The monoisotopic (exact) mass is 628 g/mol. The van der Waals surface area contributed by atoms with Gasteiger partial charge in [0.15, 0.2) is 11.6 Å². The van der Waals surface area contributed by atoms with Gasteiger partial charge in [0, 0.05) is 12.1 Å². The van der Waals surface area contributed by atoms with Crippen LogP contribution in [-0.2, 0) is 4.43 Å². The van der Waals surface area contributed by atoms with E-state index < -0.39 is 8.32 Å². The van der Waals surface area contributed by atoms with Crippen LogP contribution in [0.4, 0.5) is 15.9 Å². The molecular weight excluding hydrogens is 592 g/mol. The molecule has 0 amide bonds. The molecule has 3 aromatic carbocycles. The van der Waals surface area contributed by atoms with Gasteiger partial charge in [-0.2, -0.15) is 0 Å². The number of rotatable bonds is 6. The first-order valence-electron chi connectivity index (χ1n) is 15.6. The van der Waals surface area contributed by atoms with Gasteiger partial charge in [-0.3, -0.25) is 4.40 Å². The normalized spacial score (nSPS) is 16.8. The summed E-state index contributed by atoms with van der Waals surface area (Å²) >= 11 is 0. The van der Waals surface area contributed by atoms with Crippen molar-refractivity contribution in [3.8, 4) is 11.5 Å². The molecule has 6 aromatic rings. The first-order valence-corrected chi connectivity index (χ1v) is 17.5. The maximum atomic E-state index is 14.2. The summed E-state index contributed by atoms with van der Waals surface area (Å²) in [5.41, 5.74) is 17.4. The van der Waals surface area contributed by atoms with Crippen molar-refractivity contribution in [2.75, 3.05) is 11.5 Å². The zero-order valence-electron chi connectivity index (χ0n) is 26.2. The van der Waals surface area contributed by atoms with Gasteiger partial charge in [0.05, 0.1) is 23.7 Å². The fraction of sp³-hybridized carbons (Fsp3) is 0.216. The third-order valence-electron chi connectivity index (χ3n) is 9.20. The van der Waals surface area contributed by atoms with E-state index in [4.69, 9.17) is 20.9 Å². The van der Waals surface area contributed by atoms with Crippen LogP contribution in [0.1, 0.15) is 62.5 Å². The van der Waals surface area contributed by atoms with E-state index in [-0.39, 0.29) is 28.7 Å². The van der Waals surface area contributed by atoms with Crippen molar-refractivity contribution >= 4 is 35.8 Å². The number of nitrogen functional groups attached to an aromatic ring is 2. The minimum atomic E-state index is -2.81. The van der Waals surface area contributed by atoms with Crippen LogP contribution >= 0.6 is 0 Å². The highest BCUT2D eigenvalue weighted by molar-refractivity contribution is 6.99. The molecule has 0 fully saturated rings. The SMILES string of the molecule is CC(C)(C)[Si](O[C@@H]1CC[C@@H](c2nc(-c3cnc4ccc(F)cn34)nc(N)c2N)c2ccccc21)(c1ccccc1)c1ccccc1. The van der Waals surface area contributed by atoms with E-state index in [1.54, 1.807) is 16.7 Å². The third-order valence-corrected chi connectivity index (χ3v) is 14.2. The molecule has 7 nitrogen and oxygen atoms in total. The quantitative estimate of drug-likeness (QED) is 0.201. The molecule has 1 aliphatic carbocycles. The molecule has 0 saturated carbocycles. The Kier molecular flexibility index (Phi) is 7.45. The first kappa shape index (κ1) is 29.8. The van der Waals surface area contributed by atoms with Crippen molar-refractivity contribution in [1.82, 2.24) is 19.4 Å². The van der Waals surface area contributed by atoms with E-state index in [9.17, 15) is 4.39 Å². The van der Waals surface area contributed by atoms with E-state index in [1.165, 1.54) is 22.6 Å². The minimum Gasteiger partial charge on any atom is -0.400 e. The van der Waals surface area contributed by atoms with Crippen molar-refractivity contribution in [2.24, 2.45) is 0 Å². The summed E-state index contributed by atoms with van der Waals surface area (Å²) in [6.07, 6.45) is 4.38. The molecule has 46 heavy (non-hydrogen) atoms. The fourth-order valence-electron chi connectivity index (χ4n) is 7.07. The molecule has 0 spiro atoms. The summed E-state index contributed by atoms with van der Waals surface area (Å²) in [6, 6.07) is 32.9. The van der Waals surface area contributed by atoms with Crippen LogP contribution in [0.25, 0.3) is 17.2 Å². The van der Waals surface area contributed by atoms with Gasteiger partial charge < -0.3 is 15.9 Å². The Balaban J connectivity index is 1.33. The number of benzene rings is 3. The lowest BCUT2D eigenvalue weighted by molar-refractivity contribution is 0.166. The van der Waals surface area contributed by atoms with Crippen LogP contribution in [-0.4, -0.2) is 27.7 Å². The van der Waals surface area contributed by atoms with Gasteiger partial charge in [0.1, 0.15) is 17.2 Å². The minimum absolute atomic E-state index is 0.129. The standard InChI is InChI=1S/C37H37FN6OSi/c1-37(2,3)46(25-12-6-4-7-13-25,26-14-8-5-9-15-26)45-31-20-19-29(27-16-10-11-17-28(27)31)34-33(39)35(40)43-36(42-34)30-22-41-32-21-18-24(38)23-44(30)32/h4-18,21-23,29,31H,19-20,39H2,1-3H3,(H2,40,42,43)/t29-,31-/m1/s1.